The van der Waals surface area contributed by atoms with Crippen LogP contribution in [0.1, 0.15) is 66.7 Å². The summed E-state index contributed by atoms with van der Waals surface area (Å²) in [6.07, 6.45) is 6.24. The van der Waals surface area contributed by atoms with Gasteiger partial charge in [-0.2, -0.15) is 0 Å². The zero-order valence-electron chi connectivity index (χ0n) is 15.1. The molecule has 1 unspecified atom stereocenters. The van der Waals surface area contributed by atoms with Gasteiger partial charge in [0.25, 0.3) is 0 Å². The van der Waals surface area contributed by atoms with Crippen LogP contribution in [0.2, 0.25) is 0 Å². The van der Waals surface area contributed by atoms with Gasteiger partial charge in [0, 0.05) is 24.8 Å². The average Bonchev–Trinajstić information content (AvgIpc) is 2.53. The van der Waals surface area contributed by atoms with Crippen LogP contribution in [0.15, 0.2) is 0 Å². The minimum absolute atomic E-state index is 0.303. The van der Waals surface area contributed by atoms with Crippen LogP contribution < -0.4 is 5.32 Å². The molecule has 0 aromatic rings. The van der Waals surface area contributed by atoms with Crippen LogP contribution in [0.4, 0.5) is 0 Å². The molecule has 1 heterocycles. The Labute approximate surface area is 132 Å². The summed E-state index contributed by atoms with van der Waals surface area (Å²) in [5, 5.41) is 3.84. The minimum atomic E-state index is 0.303. The topological polar surface area (TPSA) is 24.5 Å². The molecule has 0 aromatic carbocycles. The number of likely N-dealkylation sites (N-methyl/N-ethyl adjacent to an activating group) is 2. The number of nitrogens with zero attached hydrogens (tertiary/aromatic N) is 1. The highest BCUT2D eigenvalue weighted by Crippen LogP contribution is 2.33. The molecule has 0 aromatic heterocycles. The van der Waals surface area contributed by atoms with Gasteiger partial charge in [0.05, 0.1) is 0 Å². The van der Waals surface area contributed by atoms with Gasteiger partial charge in [0.2, 0.25) is 0 Å². The summed E-state index contributed by atoms with van der Waals surface area (Å²) in [5.41, 5.74) is 0.303. The number of hydrogen-bond acceptors (Lipinski definition) is 3. The van der Waals surface area contributed by atoms with Gasteiger partial charge in [-0.15, -0.1) is 0 Å². The zero-order valence-corrected chi connectivity index (χ0v) is 15.1. The van der Waals surface area contributed by atoms with E-state index >= 15 is 0 Å². The summed E-state index contributed by atoms with van der Waals surface area (Å²) in [7, 11) is 0. The third-order valence-electron chi connectivity index (χ3n) is 5.63. The SMILES string of the molecule is CCNC(CC1CCOCC1)C(CC)(CC)N(CC)CC. The molecule has 0 spiro atoms. The van der Waals surface area contributed by atoms with Crippen molar-refractivity contribution in [2.75, 3.05) is 32.8 Å². The molecule has 3 nitrogen and oxygen atoms in total. The second-order valence-corrected chi connectivity index (χ2v) is 6.38. The maximum Gasteiger partial charge on any atom is 0.0468 e. The van der Waals surface area contributed by atoms with Crippen LogP contribution in [0, 0.1) is 5.92 Å². The largest absolute Gasteiger partial charge is 0.381 e. The van der Waals surface area contributed by atoms with Crippen LogP contribution in [-0.2, 0) is 4.74 Å². The van der Waals surface area contributed by atoms with Crippen molar-refractivity contribution >= 4 is 0 Å². The van der Waals surface area contributed by atoms with E-state index in [0.29, 0.717) is 11.6 Å². The molecule has 1 rings (SSSR count). The predicted octanol–water partition coefficient (Wildman–Crippen LogP) is 3.68. The Morgan fingerprint density at radius 1 is 1.05 bits per heavy atom. The number of hydrogen-bond donors (Lipinski definition) is 1. The zero-order chi connectivity index (χ0) is 15.7. The molecule has 1 atom stereocenters. The van der Waals surface area contributed by atoms with Gasteiger partial charge in [-0.25, -0.2) is 0 Å². The van der Waals surface area contributed by atoms with Crippen LogP contribution in [0.25, 0.3) is 0 Å². The third-order valence-corrected chi connectivity index (χ3v) is 5.63. The average molecular weight is 299 g/mol. The Bertz CT molecular complexity index is 256. The fourth-order valence-electron chi connectivity index (χ4n) is 4.32. The molecular weight excluding hydrogens is 260 g/mol. The minimum Gasteiger partial charge on any atom is -0.381 e. The standard InChI is InChI=1S/C18H38N2O/c1-6-18(7-2,20(9-4)10-5)17(19-8-3)15-16-11-13-21-14-12-16/h16-17,19H,6-15H2,1-5H3. The lowest BCUT2D eigenvalue weighted by molar-refractivity contribution is 0.0200. The summed E-state index contributed by atoms with van der Waals surface area (Å²) in [6, 6.07) is 0.598. The van der Waals surface area contributed by atoms with E-state index < -0.39 is 0 Å². The highest BCUT2D eigenvalue weighted by molar-refractivity contribution is 4.99. The predicted molar refractivity (Wildman–Crippen MR) is 91.9 cm³/mol. The van der Waals surface area contributed by atoms with Crippen molar-refractivity contribution in [3.05, 3.63) is 0 Å². The van der Waals surface area contributed by atoms with Crippen molar-refractivity contribution in [3.63, 3.8) is 0 Å². The quantitative estimate of drug-likeness (QED) is 0.666. The number of nitrogens with one attached hydrogen (secondary N) is 1. The van der Waals surface area contributed by atoms with Crippen molar-refractivity contribution < 1.29 is 4.74 Å². The second kappa shape index (κ2) is 9.81. The molecule has 21 heavy (non-hydrogen) atoms. The first-order chi connectivity index (χ1) is 10.2. The van der Waals surface area contributed by atoms with Gasteiger partial charge in [0.1, 0.15) is 0 Å². The van der Waals surface area contributed by atoms with Crippen LogP contribution in [-0.4, -0.2) is 49.3 Å². The molecule has 0 saturated carbocycles. The van der Waals surface area contributed by atoms with Gasteiger partial charge in [-0.05, 0) is 57.7 Å². The molecule has 3 heteroatoms. The summed E-state index contributed by atoms with van der Waals surface area (Å²) in [5.74, 6) is 0.829. The highest BCUT2D eigenvalue weighted by Gasteiger charge is 2.40. The maximum absolute atomic E-state index is 5.54. The van der Waals surface area contributed by atoms with Crippen molar-refractivity contribution in [1.29, 1.82) is 0 Å². The van der Waals surface area contributed by atoms with E-state index in [2.05, 4.69) is 44.8 Å². The first kappa shape index (κ1) is 18.9. The summed E-state index contributed by atoms with van der Waals surface area (Å²) in [6.45, 7) is 16.9. The van der Waals surface area contributed by atoms with Crippen molar-refractivity contribution in [3.8, 4) is 0 Å². The molecular formula is C18H38N2O. The lowest BCUT2D eigenvalue weighted by Crippen LogP contribution is -2.61. The van der Waals surface area contributed by atoms with E-state index in [9.17, 15) is 0 Å². The molecule has 1 N–H and O–H groups in total. The lowest BCUT2D eigenvalue weighted by Gasteiger charge is -2.49. The Morgan fingerprint density at radius 3 is 2.05 bits per heavy atom. The number of rotatable bonds is 10. The molecule has 1 aliphatic rings. The van der Waals surface area contributed by atoms with Gasteiger partial charge in [0.15, 0.2) is 0 Å². The van der Waals surface area contributed by atoms with Crippen molar-refractivity contribution in [2.45, 2.75) is 78.3 Å². The van der Waals surface area contributed by atoms with E-state index in [0.717, 1.165) is 38.8 Å². The molecule has 0 aliphatic carbocycles. The molecule has 0 radical (unpaired) electrons. The number of ether oxygens (including phenoxy) is 1. The molecule has 0 bridgehead atoms. The van der Waals surface area contributed by atoms with Crippen molar-refractivity contribution in [2.24, 2.45) is 5.92 Å². The summed E-state index contributed by atoms with van der Waals surface area (Å²) in [4.78, 5) is 2.69. The molecule has 0 amide bonds. The fourth-order valence-corrected chi connectivity index (χ4v) is 4.32. The van der Waals surface area contributed by atoms with E-state index in [1.165, 1.54) is 32.1 Å². The van der Waals surface area contributed by atoms with Gasteiger partial charge < -0.3 is 10.1 Å². The first-order valence-electron chi connectivity index (χ1n) is 9.24. The Morgan fingerprint density at radius 2 is 1.62 bits per heavy atom. The Kier molecular flexibility index (Phi) is 8.84. The lowest BCUT2D eigenvalue weighted by atomic mass is 9.77. The fraction of sp³-hybridized carbons (Fsp3) is 1.00. The molecule has 1 aliphatic heterocycles. The first-order valence-corrected chi connectivity index (χ1v) is 9.24. The molecule has 1 fully saturated rings. The summed E-state index contributed by atoms with van der Waals surface area (Å²) < 4.78 is 5.54. The monoisotopic (exact) mass is 298 g/mol. The van der Waals surface area contributed by atoms with Crippen LogP contribution in [0.3, 0.4) is 0 Å². The smallest absolute Gasteiger partial charge is 0.0468 e. The van der Waals surface area contributed by atoms with Crippen LogP contribution in [0.5, 0.6) is 0 Å². The summed E-state index contributed by atoms with van der Waals surface area (Å²) >= 11 is 0. The van der Waals surface area contributed by atoms with E-state index in [4.69, 9.17) is 4.74 Å². The molecule has 126 valence electrons. The van der Waals surface area contributed by atoms with Gasteiger partial charge in [-0.1, -0.05) is 34.6 Å². The molecule has 1 saturated heterocycles. The Hall–Kier alpha value is -0.120. The third kappa shape index (κ3) is 4.67. The normalized spacial score (nSPS) is 19.1. The van der Waals surface area contributed by atoms with E-state index in [-0.39, 0.29) is 0 Å². The Balaban J connectivity index is 2.89. The van der Waals surface area contributed by atoms with E-state index in [1.54, 1.807) is 0 Å². The van der Waals surface area contributed by atoms with Crippen LogP contribution >= 0.6 is 0 Å². The van der Waals surface area contributed by atoms with Gasteiger partial charge in [-0.3, -0.25) is 4.90 Å². The van der Waals surface area contributed by atoms with E-state index in [1.807, 2.05) is 0 Å². The van der Waals surface area contributed by atoms with Gasteiger partial charge >= 0.3 is 0 Å². The highest BCUT2D eigenvalue weighted by atomic mass is 16.5. The van der Waals surface area contributed by atoms with Crippen molar-refractivity contribution in [1.82, 2.24) is 10.2 Å². The second-order valence-electron chi connectivity index (χ2n) is 6.38. The maximum atomic E-state index is 5.54.